The Morgan fingerprint density at radius 1 is 1.21 bits per heavy atom. The van der Waals surface area contributed by atoms with E-state index in [-0.39, 0.29) is 0 Å². The van der Waals surface area contributed by atoms with E-state index < -0.39 is 0 Å². The molecule has 0 aromatic heterocycles. The summed E-state index contributed by atoms with van der Waals surface area (Å²) in [6.07, 6.45) is 4.06. The molecule has 0 aromatic rings. The van der Waals surface area contributed by atoms with Crippen molar-refractivity contribution in [2.45, 2.75) is 46.1 Å². The summed E-state index contributed by atoms with van der Waals surface area (Å²) < 4.78 is 0. The molecule has 0 saturated carbocycles. The lowest BCUT2D eigenvalue weighted by atomic mass is 9.79. The maximum absolute atomic E-state index is 3.64. The minimum atomic E-state index is 0.553. The Morgan fingerprint density at radius 2 is 1.89 bits per heavy atom. The molecule has 19 heavy (non-hydrogen) atoms. The van der Waals surface area contributed by atoms with Crippen LogP contribution in [0.25, 0.3) is 0 Å². The molecule has 0 aliphatic carbocycles. The Bertz CT molecular complexity index is 271. The molecule has 0 radical (unpaired) electrons. The lowest BCUT2D eigenvalue weighted by molar-refractivity contribution is 0.0571. The third kappa shape index (κ3) is 4.17. The Kier molecular flexibility index (Phi) is 5.27. The maximum atomic E-state index is 3.64. The summed E-state index contributed by atoms with van der Waals surface area (Å²) in [4.78, 5) is 5.20. The van der Waals surface area contributed by atoms with Crippen molar-refractivity contribution in [3.05, 3.63) is 0 Å². The zero-order valence-corrected chi connectivity index (χ0v) is 13.4. The smallest absolute Gasteiger partial charge is 0.0117 e. The molecule has 3 nitrogen and oxygen atoms in total. The van der Waals surface area contributed by atoms with Crippen LogP contribution in [0.4, 0.5) is 0 Å². The van der Waals surface area contributed by atoms with Gasteiger partial charge in [-0.15, -0.1) is 0 Å². The number of piperidine rings is 2. The third-order valence-electron chi connectivity index (χ3n) is 5.26. The fourth-order valence-corrected chi connectivity index (χ4v) is 3.80. The second-order valence-electron chi connectivity index (χ2n) is 7.28. The molecule has 2 unspecified atom stereocenters. The average molecular weight is 267 g/mol. The summed E-state index contributed by atoms with van der Waals surface area (Å²) in [6.45, 7) is 14.7. The molecule has 2 heterocycles. The molecule has 1 N–H and O–H groups in total. The van der Waals surface area contributed by atoms with Gasteiger partial charge in [-0.2, -0.15) is 0 Å². The predicted octanol–water partition coefficient (Wildman–Crippen LogP) is 2.04. The molecule has 2 rings (SSSR count). The SMILES string of the molecule is CCNC1CCN(CC2(C)CCN(C)CC2)CC1C. The Balaban J connectivity index is 1.81. The van der Waals surface area contributed by atoms with Gasteiger partial charge in [0.15, 0.2) is 0 Å². The Morgan fingerprint density at radius 3 is 2.47 bits per heavy atom. The van der Waals surface area contributed by atoms with Crippen LogP contribution in [0.15, 0.2) is 0 Å². The first-order chi connectivity index (χ1) is 9.02. The van der Waals surface area contributed by atoms with E-state index in [0.717, 1.165) is 18.5 Å². The number of hydrogen-bond acceptors (Lipinski definition) is 3. The van der Waals surface area contributed by atoms with Crippen LogP contribution in [0.5, 0.6) is 0 Å². The van der Waals surface area contributed by atoms with E-state index in [1.807, 2.05) is 0 Å². The monoisotopic (exact) mass is 267 g/mol. The maximum Gasteiger partial charge on any atom is 0.0117 e. The molecule has 2 saturated heterocycles. The molecule has 0 aromatic carbocycles. The summed E-state index contributed by atoms with van der Waals surface area (Å²) in [6, 6.07) is 0.742. The summed E-state index contributed by atoms with van der Waals surface area (Å²) in [5.74, 6) is 0.795. The normalized spacial score (nSPS) is 33.5. The van der Waals surface area contributed by atoms with Crippen LogP contribution in [0, 0.1) is 11.3 Å². The van der Waals surface area contributed by atoms with Crippen molar-refractivity contribution < 1.29 is 0 Å². The topological polar surface area (TPSA) is 18.5 Å². The van der Waals surface area contributed by atoms with Crippen molar-refractivity contribution in [2.75, 3.05) is 46.3 Å². The molecular formula is C16H33N3. The van der Waals surface area contributed by atoms with Gasteiger partial charge >= 0.3 is 0 Å². The van der Waals surface area contributed by atoms with Gasteiger partial charge in [0.25, 0.3) is 0 Å². The zero-order chi connectivity index (χ0) is 13.9. The summed E-state index contributed by atoms with van der Waals surface area (Å²) >= 11 is 0. The Hall–Kier alpha value is -0.120. The van der Waals surface area contributed by atoms with Crippen LogP contribution >= 0.6 is 0 Å². The quantitative estimate of drug-likeness (QED) is 0.841. The molecule has 112 valence electrons. The summed E-state index contributed by atoms with van der Waals surface area (Å²) in [7, 11) is 2.25. The Labute approximate surface area is 119 Å². The van der Waals surface area contributed by atoms with Gasteiger partial charge in [0.1, 0.15) is 0 Å². The first kappa shape index (κ1) is 15.3. The third-order valence-corrected chi connectivity index (χ3v) is 5.26. The van der Waals surface area contributed by atoms with Crippen molar-refractivity contribution in [3.63, 3.8) is 0 Å². The van der Waals surface area contributed by atoms with Gasteiger partial charge in [-0.3, -0.25) is 0 Å². The van der Waals surface area contributed by atoms with Crippen molar-refractivity contribution in [3.8, 4) is 0 Å². The summed E-state index contributed by atoms with van der Waals surface area (Å²) in [5, 5.41) is 3.64. The molecule has 2 fully saturated rings. The van der Waals surface area contributed by atoms with E-state index in [1.165, 1.54) is 52.0 Å². The molecule has 0 spiro atoms. The van der Waals surface area contributed by atoms with Gasteiger partial charge in [-0.25, -0.2) is 0 Å². The van der Waals surface area contributed by atoms with E-state index in [9.17, 15) is 0 Å². The van der Waals surface area contributed by atoms with Crippen molar-refractivity contribution in [1.29, 1.82) is 0 Å². The molecule has 2 aliphatic rings. The van der Waals surface area contributed by atoms with Gasteiger partial charge < -0.3 is 15.1 Å². The predicted molar refractivity (Wildman–Crippen MR) is 82.5 cm³/mol. The molecule has 3 heteroatoms. The molecular weight excluding hydrogens is 234 g/mol. The molecule has 0 amide bonds. The standard InChI is InChI=1S/C16H33N3/c1-5-17-15-6-9-19(12-14(15)2)13-16(3)7-10-18(4)11-8-16/h14-15,17H,5-13H2,1-4H3. The zero-order valence-electron chi connectivity index (χ0n) is 13.4. The van der Waals surface area contributed by atoms with E-state index in [1.54, 1.807) is 0 Å². The number of nitrogens with zero attached hydrogens (tertiary/aromatic N) is 2. The minimum Gasteiger partial charge on any atom is -0.314 e. The molecule has 0 bridgehead atoms. The van der Waals surface area contributed by atoms with Crippen LogP contribution in [0.1, 0.15) is 40.0 Å². The number of rotatable bonds is 4. The van der Waals surface area contributed by atoms with Gasteiger partial charge in [-0.05, 0) is 63.8 Å². The summed E-state index contributed by atoms with van der Waals surface area (Å²) in [5.41, 5.74) is 0.553. The number of hydrogen-bond donors (Lipinski definition) is 1. The lowest BCUT2D eigenvalue weighted by Crippen LogP contribution is -2.52. The highest BCUT2D eigenvalue weighted by molar-refractivity contribution is 4.88. The van der Waals surface area contributed by atoms with Gasteiger partial charge in [0, 0.05) is 19.1 Å². The number of nitrogens with one attached hydrogen (secondary N) is 1. The largest absolute Gasteiger partial charge is 0.314 e. The van der Waals surface area contributed by atoms with Crippen molar-refractivity contribution >= 4 is 0 Å². The van der Waals surface area contributed by atoms with E-state index >= 15 is 0 Å². The highest BCUT2D eigenvalue weighted by Crippen LogP contribution is 2.32. The highest BCUT2D eigenvalue weighted by Gasteiger charge is 2.33. The minimum absolute atomic E-state index is 0.553. The fourth-order valence-electron chi connectivity index (χ4n) is 3.80. The van der Waals surface area contributed by atoms with E-state index in [4.69, 9.17) is 0 Å². The van der Waals surface area contributed by atoms with Crippen LogP contribution in [-0.2, 0) is 0 Å². The first-order valence-electron chi connectivity index (χ1n) is 8.17. The van der Waals surface area contributed by atoms with Gasteiger partial charge in [0.05, 0.1) is 0 Å². The van der Waals surface area contributed by atoms with E-state index in [2.05, 4.69) is 42.9 Å². The highest BCUT2D eigenvalue weighted by atomic mass is 15.2. The number of likely N-dealkylation sites (tertiary alicyclic amines) is 2. The van der Waals surface area contributed by atoms with Gasteiger partial charge in [0.2, 0.25) is 0 Å². The first-order valence-corrected chi connectivity index (χ1v) is 8.17. The van der Waals surface area contributed by atoms with E-state index in [0.29, 0.717) is 5.41 Å². The van der Waals surface area contributed by atoms with Crippen LogP contribution < -0.4 is 5.32 Å². The second kappa shape index (κ2) is 6.55. The van der Waals surface area contributed by atoms with Crippen LogP contribution in [0.3, 0.4) is 0 Å². The molecule has 2 aliphatic heterocycles. The van der Waals surface area contributed by atoms with Crippen LogP contribution in [0.2, 0.25) is 0 Å². The van der Waals surface area contributed by atoms with Crippen LogP contribution in [-0.4, -0.2) is 62.2 Å². The fraction of sp³-hybridized carbons (Fsp3) is 1.00. The second-order valence-corrected chi connectivity index (χ2v) is 7.28. The molecule has 2 atom stereocenters. The van der Waals surface area contributed by atoms with Crippen molar-refractivity contribution in [1.82, 2.24) is 15.1 Å². The average Bonchev–Trinajstić information content (AvgIpc) is 2.37. The lowest BCUT2D eigenvalue weighted by Gasteiger charge is -2.44. The van der Waals surface area contributed by atoms with Gasteiger partial charge in [-0.1, -0.05) is 20.8 Å². The van der Waals surface area contributed by atoms with Crippen molar-refractivity contribution in [2.24, 2.45) is 11.3 Å².